The Hall–Kier alpha value is -1.08. The second-order valence-corrected chi connectivity index (χ2v) is 8.16. The van der Waals surface area contributed by atoms with Gasteiger partial charge in [0.1, 0.15) is 0 Å². The Morgan fingerprint density at radius 2 is 1.12 bits per heavy atom. The average Bonchev–Trinajstić information content (AvgIpc) is 2.55. The first-order valence-electron chi connectivity index (χ1n) is 8.19. The normalized spacial score (nSPS) is 15.5. The lowest BCUT2D eigenvalue weighted by Crippen LogP contribution is -2.72. The van der Waals surface area contributed by atoms with E-state index in [-0.39, 0.29) is 19.5 Å². The molecule has 0 aromatic carbocycles. The van der Waals surface area contributed by atoms with Gasteiger partial charge in [-0.2, -0.15) is 65.5 Å². The van der Waals surface area contributed by atoms with Gasteiger partial charge in [-0.1, -0.05) is 0 Å². The fraction of sp³-hybridized carbons (Fsp3) is 1.00. The van der Waals surface area contributed by atoms with Crippen molar-refractivity contribution in [3.63, 3.8) is 0 Å². The van der Waals surface area contributed by atoms with Gasteiger partial charge in [0.25, 0.3) is 10.1 Å². The fourth-order valence-corrected chi connectivity index (χ4v) is 2.60. The van der Waals surface area contributed by atoms with Crippen LogP contribution in [0.25, 0.3) is 0 Å². The van der Waals surface area contributed by atoms with Crippen LogP contribution in [-0.2, 0) is 10.1 Å². The lowest BCUT2D eigenvalue weighted by atomic mass is 9.96. The quantitative estimate of drug-likeness (QED) is 0.165. The van der Waals surface area contributed by atoms with E-state index in [4.69, 9.17) is 4.55 Å². The largest absolute Gasteiger partial charge is 0.460 e. The maximum atomic E-state index is 13.5. The summed E-state index contributed by atoms with van der Waals surface area (Å²) in [6, 6.07) is -6.34. The summed E-state index contributed by atoms with van der Waals surface area (Å²) in [5, 5.41) is 0.418. The Kier molecular flexibility index (Phi) is 9.33. The molecule has 0 saturated heterocycles. The predicted molar refractivity (Wildman–Crippen MR) is 81.9 cm³/mol. The van der Waals surface area contributed by atoms with E-state index in [1.807, 2.05) is 0 Å². The zero-order valence-electron chi connectivity index (χ0n) is 15.8. The van der Waals surface area contributed by atoms with E-state index in [2.05, 4.69) is 0 Å². The van der Waals surface area contributed by atoms with E-state index in [1.54, 1.807) is 0 Å². The van der Waals surface area contributed by atoms with Crippen LogP contribution in [0.3, 0.4) is 0 Å². The lowest BCUT2D eigenvalue weighted by Gasteiger charge is -2.39. The maximum Gasteiger partial charge on any atom is 0.460 e. The van der Waals surface area contributed by atoms with Gasteiger partial charge >= 0.3 is 35.9 Å². The molecular weight excluding hydrogens is 511 g/mol. The highest BCUT2D eigenvalue weighted by atomic mass is 32.2. The second-order valence-electron chi connectivity index (χ2n) is 6.59. The van der Waals surface area contributed by atoms with Gasteiger partial charge in [0.15, 0.2) is 0 Å². The standard InChI is InChI=1S/C13H17F13N2O3S/c1-28(6-3-7-32(29,30)31)5-2-4-27-13(25,26)11(20,21)9(16,17)8(14,15)10(18,19)12(22,23)24/h27H,2-7H2,1H3,(H,29,30,31). The molecule has 0 spiro atoms. The molecule has 2 N–H and O–H groups in total. The van der Waals surface area contributed by atoms with E-state index < -0.39 is 64.7 Å². The summed E-state index contributed by atoms with van der Waals surface area (Å²) in [4.78, 5) is 1.20. The molecule has 0 rings (SSSR count). The van der Waals surface area contributed by atoms with Gasteiger partial charge in [-0.05, 0) is 33.0 Å². The summed E-state index contributed by atoms with van der Waals surface area (Å²) in [5.74, 6) is -31.6. The van der Waals surface area contributed by atoms with E-state index in [0.717, 1.165) is 0 Å². The van der Waals surface area contributed by atoms with Crippen molar-refractivity contribution in [1.29, 1.82) is 0 Å². The molecule has 0 aliphatic rings. The number of halogens is 13. The third-order valence-corrected chi connectivity index (χ3v) is 4.74. The van der Waals surface area contributed by atoms with Crippen molar-refractivity contribution in [2.24, 2.45) is 0 Å². The number of rotatable bonds is 13. The molecule has 0 bridgehead atoms. The minimum atomic E-state index is -7.94. The Labute approximate surface area is 172 Å². The maximum absolute atomic E-state index is 13.5. The fourth-order valence-electron chi connectivity index (χ4n) is 2.10. The van der Waals surface area contributed by atoms with Crippen molar-refractivity contribution in [3.8, 4) is 0 Å². The highest BCUT2D eigenvalue weighted by molar-refractivity contribution is 7.85. The highest BCUT2D eigenvalue weighted by Gasteiger charge is 2.90. The summed E-state index contributed by atoms with van der Waals surface area (Å²) < 4.78 is 197. The van der Waals surface area contributed by atoms with Crippen molar-refractivity contribution < 1.29 is 70.0 Å². The van der Waals surface area contributed by atoms with Crippen LogP contribution in [0.4, 0.5) is 57.1 Å². The first-order valence-corrected chi connectivity index (χ1v) is 9.80. The summed E-state index contributed by atoms with van der Waals surface area (Å²) in [5.41, 5.74) is 0. The predicted octanol–water partition coefficient (Wildman–Crippen LogP) is 3.87. The molecule has 0 aromatic rings. The molecule has 0 amide bonds. The lowest BCUT2D eigenvalue weighted by molar-refractivity contribution is -0.442. The van der Waals surface area contributed by atoms with Crippen LogP contribution in [0.15, 0.2) is 0 Å². The van der Waals surface area contributed by atoms with Gasteiger partial charge in [0.2, 0.25) is 0 Å². The molecule has 0 aliphatic carbocycles. The number of alkyl halides is 13. The molecule has 0 saturated carbocycles. The molecule has 0 radical (unpaired) electrons. The summed E-state index contributed by atoms with van der Waals surface area (Å²) in [6.07, 6.45) is -8.21. The number of hydrogen-bond acceptors (Lipinski definition) is 4. The van der Waals surface area contributed by atoms with Gasteiger partial charge in [-0.25, -0.2) is 0 Å². The Morgan fingerprint density at radius 3 is 1.53 bits per heavy atom. The van der Waals surface area contributed by atoms with Crippen LogP contribution < -0.4 is 5.32 Å². The SMILES string of the molecule is CN(CCCNC(F)(F)C(F)(F)C(F)(F)C(F)(F)C(F)(F)C(F)(F)F)CCCS(=O)(=O)O. The van der Waals surface area contributed by atoms with Crippen molar-refractivity contribution in [3.05, 3.63) is 0 Å². The smallest absolute Gasteiger partial charge is 0.306 e. The summed E-state index contributed by atoms with van der Waals surface area (Å²) in [6.45, 7) is -1.69. The van der Waals surface area contributed by atoms with Crippen LogP contribution in [0.5, 0.6) is 0 Å². The highest BCUT2D eigenvalue weighted by Crippen LogP contribution is 2.59. The third-order valence-electron chi connectivity index (χ3n) is 3.94. The zero-order chi connectivity index (χ0) is 26.0. The van der Waals surface area contributed by atoms with E-state index >= 15 is 0 Å². The molecule has 0 heterocycles. The third kappa shape index (κ3) is 6.49. The van der Waals surface area contributed by atoms with Crippen LogP contribution in [-0.4, -0.2) is 86.2 Å². The second kappa shape index (κ2) is 9.65. The van der Waals surface area contributed by atoms with Crippen LogP contribution in [0.1, 0.15) is 12.8 Å². The molecule has 5 nitrogen and oxygen atoms in total. The van der Waals surface area contributed by atoms with Crippen LogP contribution >= 0.6 is 0 Å². The first-order chi connectivity index (χ1) is 13.9. The minimum Gasteiger partial charge on any atom is -0.306 e. The van der Waals surface area contributed by atoms with Gasteiger partial charge in [0.05, 0.1) is 5.75 Å². The Morgan fingerprint density at radius 1 is 0.719 bits per heavy atom. The van der Waals surface area contributed by atoms with E-state index in [0.29, 0.717) is 5.32 Å². The topological polar surface area (TPSA) is 69.6 Å². The Bertz CT molecular complexity index is 725. The molecule has 0 atom stereocenters. The van der Waals surface area contributed by atoms with Crippen molar-refractivity contribution >= 4 is 10.1 Å². The molecule has 0 unspecified atom stereocenters. The molecule has 194 valence electrons. The number of hydrogen-bond donors (Lipinski definition) is 2. The van der Waals surface area contributed by atoms with Crippen LogP contribution in [0, 0.1) is 0 Å². The van der Waals surface area contributed by atoms with E-state index in [1.165, 1.54) is 11.9 Å². The molecular formula is C13H17F13N2O3S. The molecule has 32 heavy (non-hydrogen) atoms. The zero-order valence-corrected chi connectivity index (χ0v) is 16.6. The molecule has 0 fully saturated rings. The monoisotopic (exact) mass is 528 g/mol. The van der Waals surface area contributed by atoms with Gasteiger partial charge < -0.3 is 4.90 Å². The van der Waals surface area contributed by atoms with Crippen molar-refractivity contribution in [2.75, 3.05) is 32.4 Å². The van der Waals surface area contributed by atoms with E-state index in [9.17, 15) is 65.5 Å². The Balaban J connectivity index is 5.21. The average molecular weight is 528 g/mol. The van der Waals surface area contributed by atoms with Gasteiger partial charge in [-0.15, -0.1) is 0 Å². The molecule has 0 aliphatic heterocycles. The van der Waals surface area contributed by atoms with Gasteiger partial charge in [0, 0.05) is 6.54 Å². The number of nitrogens with one attached hydrogen (secondary N) is 1. The molecule has 19 heteroatoms. The minimum absolute atomic E-state index is 0.0802. The number of nitrogens with zero attached hydrogens (tertiary/aromatic N) is 1. The van der Waals surface area contributed by atoms with Crippen LogP contribution in [0.2, 0.25) is 0 Å². The van der Waals surface area contributed by atoms with Crippen molar-refractivity contribution in [1.82, 2.24) is 10.2 Å². The summed E-state index contributed by atoms with van der Waals surface area (Å²) in [7, 11) is -3.05. The summed E-state index contributed by atoms with van der Waals surface area (Å²) >= 11 is 0. The van der Waals surface area contributed by atoms with Crippen molar-refractivity contribution in [2.45, 2.75) is 48.8 Å². The molecule has 0 aromatic heterocycles. The first kappa shape index (κ1) is 30.9. The van der Waals surface area contributed by atoms with Gasteiger partial charge in [-0.3, -0.25) is 9.87 Å².